The number of alkyl halides is 3. The van der Waals surface area contributed by atoms with Crippen LogP contribution >= 0.6 is 34.8 Å². The second kappa shape index (κ2) is 12.4. The van der Waals surface area contributed by atoms with Gasteiger partial charge in [-0.1, -0.05) is 115 Å². The Morgan fingerprint density at radius 1 is 1.10 bits per heavy atom. The molecule has 1 unspecified atom stereocenters. The molecule has 166 valence electrons. The molecule has 1 N–H and O–H groups in total. The molecule has 0 heterocycles. The van der Waals surface area contributed by atoms with Crippen LogP contribution in [0.25, 0.3) is 0 Å². The Kier molecular flexibility index (Phi) is 10.3. The number of unbranched alkanes of at least 4 members (excludes halogenated alkanes) is 2. The second-order valence-corrected chi connectivity index (χ2v) is 10.8. The Labute approximate surface area is 201 Å². The van der Waals surface area contributed by atoms with Crippen molar-refractivity contribution in [2.24, 2.45) is 0 Å². The first-order valence-electron chi connectivity index (χ1n) is 10.0. The number of carbonyl (C=O) groups is 1. The Morgan fingerprint density at radius 3 is 2.32 bits per heavy atom. The molecule has 3 nitrogen and oxygen atoms in total. The van der Waals surface area contributed by atoms with Crippen molar-refractivity contribution in [2.75, 3.05) is 0 Å². The summed E-state index contributed by atoms with van der Waals surface area (Å²) in [6.07, 6.45) is 8.37. The SMILES string of the molecule is CCCC/C=C(\C=C\[C@@H](NC(=O)C(Cl)(Cl)Cl)c1ccccc1)S(=O)c1ccc(C)cc1. The summed E-state index contributed by atoms with van der Waals surface area (Å²) >= 11 is 17.2. The molecule has 0 fully saturated rings. The largest absolute Gasteiger partial charge is 0.342 e. The van der Waals surface area contributed by atoms with Gasteiger partial charge in [-0.15, -0.1) is 0 Å². The van der Waals surface area contributed by atoms with E-state index in [1.807, 2.05) is 67.6 Å². The van der Waals surface area contributed by atoms with E-state index in [0.717, 1.165) is 35.3 Å². The third-order valence-electron chi connectivity index (χ3n) is 4.51. The van der Waals surface area contributed by atoms with Crippen LogP contribution in [0.3, 0.4) is 0 Å². The zero-order valence-corrected chi connectivity index (χ0v) is 20.6. The number of halogens is 3. The van der Waals surface area contributed by atoms with Gasteiger partial charge in [-0.3, -0.25) is 4.79 Å². The van der Waals surface area contributed by atoms with Crippen LogP contribution < -0.4 is 5.32 Å². The molecule has 2 aromatic carbocycles. The predicted octanol–water partition coefficient (Wildman–Crippen LogP) is 6.96. The minimum Gasteiger partial charge on any atom is -0.342 e. The number of benzene rings is 2. The van der Waals surface area contributed by atoms with Crippen molar-refractivity contribution >= 4 is 51.5 Å². The van der Waals surface area contributed by atoms with Crippen LogP contribution in [-0.2, 0) is 15.6 Å². The Morgan fingerprint density at radius 2 is 1.74 bits per heavy atom. The highest BCUT2D eigenvalue weighted by Crippen LogP contribution is 2.28. The van der Waals surface area contributed by atoms with Gasteiger partial charge in [0.05, 0.1) is 16.8 Å². The normalized spacial score (nSPS) is 14.4. The Bertz CT molecular complexity index is 936. The second-order valence-electron chi connectivity index (χ2n) is 7.05. The number of carbonyl (C=O) groups excluding carboxylic acids is 1. The van der Waals surface area contributed by atoms with Crippen molar-refractivity contribution in [2.45, 2.75) is 47.8 Å². The summed E-state index contributed by atoms with van der Waals surface area (Å²) in [5.74, 6) is -0.729. The van der Waals surface area contributed by atoms with Crippen molar-refractivity contribution in [1.82, 2.24) is 5.32 Å². The van der Waals surface area contributed by atoms with Gasteiger partial charge in [0.1, 0.15) is 0 Å². The minimum atomic E-state index is -2.08. The van der Waals surface area contributed by atoms with E-state index in [-0.39, 0.29) is 0 Å². The highest BCUT2D eigenvalue weighted by Gasteiger charge is 2.32. The summed E-state index contributed by atoms with van der Waals surface area (Å²) in [7, 11) is -1.35. The van der Waals surface area contributed by atoms with Gasteiger partial charge in [0.15, 0.2) is 0 Å². The summed E-state index contributed by atoms with van der Waals surface area (Å²) in [6, 6.07) is 16.4. The monoisotopic (exact) mass is 497 g/mol. The molecule has 2 atom stereocenters. The van der Waals surface area contributed by atoms with Crippen LogP contribution in [-0.4, -0.2) is 13.9 Å². The maximum atomic E-state index is 13.2. The van der Waals surface area contributed by atoms with Gasteiger partial charge in [0, 0.05) is 9.80 Å². The quantitative estimate of drug-likeness (QED) is 0.231. The first kappa shape index (κ1) is 25.7. The molecular formula is C24H26Cl3NO2S. The van der Waals surface area contributed by atoms with E-state index < -0.39 is 26.5 Å². The molecule has 0 aliphatic heterocycles. The molecule has 0 bridgehead atoms. The summed E-state index contributed by atoms with van der Waals surface area (Å²) in [6.45, 7) is 4.10. The standard InChI is InChI=1S/C24H26Cl3NO2S/c1-3-4-6-11-20(31(30)21-14-12-18(2)13-15-21)16-17-22(19-9-7-5-8-10-19)28-23(29)24(25,26)27/h5,7-17,22H,3-4,6H2,1-2H3,(H,28,29)/b17-16+,20-11+/t22-,31?/m1/s1. The first-order valence-corrected chi connectivity index (χ1v) is 12.3. The molecule has 1 amide bonds. The lowest BCUT2D eigenvalue weighted by molar-refractivity contribution is -0.120. The lowest BCUT2D eigenvalue weighted by Crippen LogP contribution is -2.36. The number of hydrogen-bond acceptors (Lipinski definition) is 2. The van der Waals surface area contributed by atoms with Crippen molar-refractivity contribution < 1.29 is 9.00 Å². The van der Waals surface area contributed by atoms with E-state index >= 15 is 0 Å². The van der Waals surface area contributed by atoms with Crippen molar-refractivity contribution in [3.63, 3.8) is 0 Å². The zero-order chi connectivity index (χ0) is 22.9. The zero-order valence-electron chi connectivity index (χ0n) is 17.5. The van der Waals surface area contributed by atoms with Crippen LogP contribution in [0.1, 0.15) is 43.4 Å². The third kappa shape index (κ3) is 8.46. The predicted molar refractivity (Wildman–Crippen MR) is 132 cm³/mol. The maximum Gasteiger partial charge on any atom is 0.272 e. The van der Waals surface area contributed by atoms with Gasteiger partial charge in [-0.2, -0.15) is 0 Å². The molecule has 0 aliphatic rings. The smallest absolute Gasteiger partial charge is 0.272 e. The fourth-order valence-electron chi connectivity index (χ4n) is 2.77. The van der Waals surface area contributed by atoms with Crippen LogP contribution in [0.15, 0.2) is 82.6 Å². The molecule has 7 heteroatoms. The average Bonchev–Trinajstić information content (AvgIpc) is 2.75. The molecule has 2 aromatic rings. The van der Waals surface area contributed by atoms with Crippen LogP contribution in [0.5, 0.6) is 0 Å². The average molecular weight is 499 g/mol. The number of hydrogen-bond donors (Lipinski definition) is 1. The summed E-state index contributed by atoms with van der Waals surface area (Å²) < 4.78 is 11.1. The van der Waals surface area contributed by atoms with Crippen molar-refractivity contribution in [1.29, 1.82) is 0 Å². The maximum absolute atomic E-state index is 13.2. The van der Waals surface area contributed by atoms with Gasteiger partial charge >= 0.3 is 0 Å². The lowest BCUT2D eigenvalue weighted by atomic mass is 10.1. The number of rotatable bonds is 9. The molecule has 2 rings (SSSR count). The van der Waals surface area contributed by atoms with Crippen LogP contribution in [0.2, 0.25) is 0 Å². The molecule has 31 heavy (non-hydrogen) atoms. The first-order chi connectivity index (χ1) is 14.7. The van der Waals surface area contributed by atoms with E-state index in [9.17, 15) is 9.00 Å². The topological polar surface area (TPSA) is 46.2 Å². The molecular weight excluding hydrogens is 473 g/mol. The molecule has 0 saturated heterocycles. The van der Waals surface area contributed by atoms with E-state index in [0.29, 0.717) is 4.91 Å². The molecule has 0 radical (unpaired) electrons. The number of aryl methyl sites for hydroxylation is 1. The summed E-state index contributed by atoms with van der Waals surface area (Å²) in [5, 5.41) is 2.73. The molecule has 0 spiro atoms. The summed E-state index contributed by atoms with van der Waals surface area (Å²) in [4.78, 5) is 13.7. The van der Waals surface area contributed by atoms with E-state index in [1.165, 1.54) is 0 Å². The minimum absolute atomic E-state index is 0.547. The van der Waals surface area contributed by atoms with Gasteiger partial charge in [0.25, 0.3) is 9.70 Å². The highest BCUT2D eigenvalue weighted by molar-refractivity contribution is 7.89. The Hall–Kier alpha value is -1.59. The third-order valence-corrected chi connectivity index (χ3v) is 6.45. The van der Waals surface area contributed by atoms with E-state index in [1.54, 1.807) is 12.2 Å². The van der Waals surface area contributed by atoms with Crippen LogP contribution in [0.4, 0.5) is 0 Å². The van der Waals surface area contributed by atoms with Gasteiger partial charge in [0.2, 0.25) is 0 Å². The lowest BCUT2D eigenvalue weighted by Gasteiger charge is -2.19. The van der Waals surface area contributed by atoms with Crippen molar-refractivity contribution in [3.8, 4) is 0 Å². The van der Waals surface area contributed by atoms with Gasteiger partial charge < -0.3 is 5.32 Å². The van der Waals surface area contributed by atoms with E-state index in [2.05, 4.69) is 12.2 Å². The molecule has 0 saturated carbocycles. The van der Waals surface area contributed by atoms with Gasteiger partial charge in [-0.05, 0) is 37.1 Å². The highest BCUT2D eigenvalue weighted by atomic mass is 35.6. The van der Waals surface area contributed by atoms with Gasteiger partial charge in [-0.25, -0.2) is 4.21 Å². The van der Waals surface area contributed by atoms with E-state index in [4.69, 9.17) is 34.8 Å². The molecule has 0 aliphatic carbocycles. The fourth-order valence-corrected chi connectivity index (χ4v) is 4.06. The number of amides is 1. The van der Waals surface area contributed by atoms with Crippen molar-refractivity contribution in [3.05, 3.63) is 88.9 Å². The summed E-state index contributed by atoms with van der Waals surface area (Å²) in [5.41, 5.74) is 1.92. The fraction of sp³-hybridized carbons (Fsp3) is 0.292. The number of nitrogens with one attached hydrogen (secondary N) is 1. The molecule has 0 aromatic heterocycles. The Balaban J connectivity index is 2.35. The van der Waals surface area contributed by atoms with Crippen LogP contribution in [0, 0.1) is 6.92 Å². The number of allylic oxidation sites excluding steroid dienone is 2.